The van der Waals surface area contributed by atoms with Crippen LogP contribution in [0.25, 0.3) is 0 Å². The van der Waals surface area contributed by atoms with E-state index >= 15 is 0 Å². The van der Waals surface area contributed by atoms with Crippen molar-refractivity contribution < 1.29 is 9.53 Å². The van der Waals surface area contributed by atoms with Crippen molar-refractivity contribution in [3.8, 4) is 0 Å². The van der Waals surface area contributed by atoms with Crippen LogP contribution in [0.3, 0.4) is 0 Å². The van der Waals surface area contributed by atoms with Crippen molar-refractivity contribution in [3.63, 3.8) is 0 Å². The summed E-state index contributed by atoms with van der Waals surface area (Å²) in [5.41, 5.74) is -0.675. The molecule has 0 aromatic rings. The molecule has 0 N–H and O–H groups in total. The number of hydrogen-bond acceptors (Lipinski definition) is 3. The van der Waals surface area contributed by atoms with E-state index in [4.69, 9.17) is 4.74 Å². The third-order valence-electron chi connectivity index (χ3n) is 1.95. The molecule has 0 radical (unpaired) electrons. The zero-order valence-electron chi connectivity index (χ0n) is 7.18. The van der Waals surface area contributed by atoms with Crippen molar-refractivity contribution >= 4 is 11.7 Å². The number of carbonyl (C=O) groups is 1. The first kappa shape index (κ1) is 8.24. The molecule has 1 atom stereocenters. The van der Waals surface area contributed by atoms with E-state index in [1.807, 2.05) is 6.92 Å². The summed E-state index contributed by atoms with van der Waals surface area (Å²) in [5.74, 6) is 0.743. The van der Waals surface area contributed by atoms with Gasteiger partial charge in [-0.25, -0.2) is 0 Å². The molecule has 0 spiro atoms. The molecule has 0 bridgehead atoms. The van der Waals surface area contributed by atoms with Crippen molar-refractivity contribution in [1.82, 2.24) is 0 Å². The summed E-state index contributed by atoms with van der Waals surface area (Å²) in [6.45, 7) is 5.76. The van der Waals surface area contributed by atoms with E-state index in [0.29, 0.717) is 12.4 Å². The lowest BCUT2D eigenvalue weighted by Gasteiger charge is -2.19. The van der Waals surface area contributed by atoms with Crippen LogP contribution in [-0.2, 0) is 9.53 Å². The van der Waals surface area contributed by atoms with Crippen LogP contribution in [0.4, 0.5) is 0 Å². The number of carbonyl (C=O) groups excluding carboxylic acids is 1. The normalized spacial score (nSPS) is 29.5. The first-order valence-electron chi connectivity index (χ1n) is 3.82. The molecular formula is C8H13NO2. The second-order valence-electron chi connectivity index (χ2n) is 2.95. The summed E-state index contributed by atoms with van der Waals surface area (Å²) in [6, 6.07) is 0. The number of nitrogens with zero attached hydrogens (tertiary/aromatic N) is 1. The number of Topliss-reactive ketones (excluding diaryl/α,β-unsaturated/α-hetero) is 1. The van der Waals surface area contributed by atoms with Crippen LogP contribution in [0.15, 0.2) is 4.99 Å². The Kier molecular flexibility index (Phi) is 1.98. The molecule has 1 aliphatic rings. The predicted octanol–water partition coefficient (Wildman–Crippen LogP) is 1.17. The van der Waals surface area contributed by atoms with Crippen molar-refractivity contribution in [1.29, 1.82) is 0 Å². The third kappa shape index (κ3) is 1.42. The molecule has 62 valence electrons. The molecule has 0 fully saturated rings. The van der Waals surface area contributed by atoms with Gasteiger partial charge in [0.15, 0.2) is 17.3 Å². The fourth-order valence-corrected chi connectivity index (χ4v) is 0.931. The van der Waals surface area contributed by atoms with Gasteiger partial charge in [0, 0.05) is 6.42 Å². The van der Waals surface area contributed by atoms with Gasteiger partial charge in [0.1, 0.15) is 0 Å². The molecule has 1 heterocycles. The van der Waals surface area contributed by atoms with Gasteiger partial charge in [-0.2, -0.15) is 0 Å². The highest BCUT2D eigenvalue weighted by Crippen LogP contribution is 2.20. The molecule has 1 aliphatic heterocycles. The Labute approximate surface area is 66.5 Å². The Bertz CT molecular complexity index is 210. The van der Waals surface area contributed by atoms with Gasteiger partial charge >= 0.3 is 0 Å². The van der Waals surface area contributed by atoms with E-state index < -0.39 is 5.60 Å². The lowest BCUT2D eigenvalue weighted by Crippen LogP contribution is -2.37. The number of rotatable bonds is 2. The first-order valence-corrected chi connectivity index (χ1v) is 3.82. The maximum absolute atomic E-state index is 11.0. The Morgan fingerprint density at radius 1 is 1.82 bits per heavy atom. The molecule has 0 aromatic heterocycles. The third-order valence-corrected chi connectivity index (χ3v) is 1.95. The van der Waals surface area contributed by atoms with Gasteiger partial charge in [0.25, 0.3) is 0 Å². The van der Waals surface area contributed by atoms with Gasteiger partial charge < -0.3 is 4.74 Å². The zero-order valence-corrected chi connectivity index (χ0v) is 7.18. The maximum Gasteiger partial charge on any atom is 0.184 e. The lowest BCUT2D eigenvalue weighted by atomic mass is 10.0. The standard InChI is InChI=1S/C8H13NO2/c1-4-7-9-5-8(3,11-7)6(2)10/h4-5H2,1-3H3. The summed E-state index contributed by atoms with van der Waals surface area (Å²) in [6.07, 6.45) is 0.767. The Morgan fingerprint density at radius 2 is 2.45 bits per heavy atom. The highest BCUT2D eigenvalue weighted by atomic mass is 16.5. The Balaban J connectivity index is 2.64. The molecule has 1 rings (SSSR count). The minimum Gasteiger partial charge on any atom is -0.465 e. The molecule has 0 aromatic carbocycles. The van der Waals surface area contributed by atoms with Crippen LogP contribution in [-0.4, -0.2) is 23.8 Å². The molecule has 0 saturated heterocycles. The van der Waals surface area contributed by atoms with Crippen molar-refractivity contribution in [3.05, 3.63) is 0 Å². The van der Waals surface area contributed by atoms with E-state index in [0.717, 1.165) is 6.42 Å². The highest BCUT2D eigenvalue weighted by molar-refractivity contribution is 5.91. The minimum atomic E-state index is -0.675. The Morgan fingerprint density at radius 3 is 2.73 bits per heavy atom. The van der Waals surface area contributed by atoms with Gasteiger partial charge in [-0.1, -0.05) is 6.92 Å². The fraction of sp³-hybridized carbons (Fsp3) is 0.750. The quantitative estimate of drug-likeness (QED) is 0.600. The van der Waals surface area contributed by atoms with Gasteiger partial charge in [0.05, 0.1) is 6.54 Å². The molecule has 3 nitrogen and oxygen atoms in total. The van der Waals surface area contributed by atoms with E-state index in [-0.39, 0.29) is 5.78 Å². The molecule has 0 saturated carbocycles. The van der Waals surface area contributed by atoms with Crippen LogP contribution in [0.2, 0.25) is 0 Å². The summed E-state index contributed by atoms with van der Waals surface area (Å²) in [4.78, 5) is 15.1. The van der Waals surface area contributed by atoms with E-state index in [2.05, 4.69) is 4.99 Å². The Hall–Kier alpha value is -0.860. The smallest absolute Gasteiger partial charge is 0.184 e. The second kappa shape index (κ2) is 2.64. The van der Waals surface area contributed by atoms with Gasteiger partial charge in [-0.05, 0) is 13.8 Å². The largest absolute Gasteiger partial charge is 0.465 e. The van der Waals surface area contributed by atoms with Gasteiger partial charge in [-0.3, -0.25) is 9.79 Å². The molecule has 3 heteroatoms. The van der Waals surface area contributed by atoms with Crippen LogP contribution in [0, 0.1) is 0 Å². The van der Waals surface area contributed by atoms with Crippen molar-refractivity contribution in [2.24, 2.45) is 4.99 Å². The van der Waals surface area contributed by atoms with E-state index in [1.54, 1.807) is 6.92 Å². The van der Waals surface area contributed by atoms with Crippen molar-refractivity contribution in [2.45, 2.75) is 32.8 Å². The molecular weight excluding hydrogens is 142 g/mol. The number of aliphatic imine (C=N–C) groups is 1. The summed E-state index contributed by atoms with van der Waals surface area (Å²) < 4.78 is 5.36. The maximum atomic E-state index is 11.0. The van der Waals surface area contributed by atoms with E-state index in [1.165, 1.54) is 6.92 Å². The van der Waals surface area contributed by atoms with Gasteiger partial charge in [0.2, 0.25) is 0 Å². The summed E-state index contributed by atoms with van der Waals surface area (Å²) >= 11 is 0. The molecule has 1 unspecified atom stereocenters. The lowest BCUT2D eigenvalue weighted by molar-refractivity contribution is -0.129. The minimum absolute atomic E-state index is 0.0460. The van der Waals surface area contributed by atoms with Crippen LogP contribution in [0.1, 0.15) is 27.2 Å². The molecule has 0 amide bonds. The average molecular weight is 155 g/mol. The molecule has 0 aliphatic carbocycles. The van der Waals surface area contributed by atoms with Crippen LogP contribution >= 0.6 is 0 Å². The topological polar surface area (TPSA) is 38.7 Å². The fourth-order valence-electron chi connectivity index (χ4n) is 0.931. The van der Waals surface area contributed by atoms with Gasteiger partial charge in [-0.15, -0.1) is 0 Å². The monoisotopic (exact) mass is 155 g/mol. The SMILES string of the molecule is CCC1=NCC(C)(C(C)=O)O1. The summed E-state index contributed by atoms with van der Waals surface area (Å²) in [7, 11) is 0. The molecule has 11 heavy (non-hydrogen) atoms. The van der Waals surface area contributed by atoms with Crippen LogP contribution < -0.4 is 0 Å². The highest BCUT2D eigenvalue weighted by Gasteiger charge is 2.36. The number of ether oxygens (including phenoxy) is 1. The van der Waals surface area contributed by atoms with Crippen LogP contribution in [0.5, 0.6) is 0 Å². The zero-order chi connectivity index (χ0) is 8.48. The number of hydrogen-bond donors (Lipinski definition) is 0. The number of ketones is 1. The predicted molar refractivity (Wildman–Crippen MR) is 42.8 cm³/mol. The van der Waals surface area contributed by atoms with Crippen molar-refractivity contribution in [2.75, 3.05) is 6.54 Å². The van der Waals surface area contributed by atoms with E-state index in [9.17, 15) is 4.79 Å². The average Bonchev–Trinajstić information content (AvgIpc) is 2.33. The second-order valence-corrected chi connectivity index (χ2v) is 2.95. The first-order chi connectivity index (χ1) is 5.08. The summed E-state index contributed by atoms with van der Waals surface area (Å²) in [5, 5.41) is 0.